The van der Waals surface area contributed by atoms with Crippen molar-refractivity contribution in [1.29, 1.82) is 0 Å². The molecule has 0 bridgehead atoms. The van der Waals surface area contributed by atoms with Gasteiger partial charge in [-0.3, -0.25) is 0 Å². The lowest BCUT2D eigenvalue weighted by atomic mass is 10.1. The van der Waals surface area contributed by atoms with Crippen LogP contribution in [0.15, 0.2) is 121 Å². The van der Waals surface area contributed by atoms with Crippen molar-refractivity contribution >= 4 is 0 Å². The molecule has 0 radical (unpaired) electrons. The summed E-state index contributed by atoms with van der Waals surface area (Å²) in [4.78, 5) is 0. The Morgan fingerprint density at radius 3 is 1.07 bits per heavy atom. The van der Waals surface area contributed by atoms with E-state index in [1.54, 1.807) is 0 Å². The van der Waals surface area contributed by atoms with E-state index in [9.17, 15) is 0 Å². The lowest BCUT2D eigenvalue weighted by Gasteiger charge is -2.21. The molecular weight excluding hydrogens is 576 g/mol. The van der Waals surface area contributed by atoms with E-state index in [1.807, 2.05) is 121 Å². The highest BCUT2D eigenvalue weighted by Gasteiger charge is 2.39. The van der Waals surface area contributed by atoms with E-state index < -0.39 is 12.2 Å². The molecule has 0 aliphatic carbocycles. The normalized spacial score (nSPS) is 23.7. The summed E-state index contributed by atoms with van der Waals surface area (Å²) in [6, 6.07) is 40.3. The molecule has 46 heavy (non-hydrogen) atoms. The maximum absolute atomic E-state index is 6.34. The second-order valence-electron chi connectivity index (χ2n) is 11.2. The Balaban J connectivity index is 1.11. The van der Waals surface area contributed by atoms with Gasteiger partial charge in [0.2, 0.25) is 0 Å². The van der Waals surface area contributed by atoms with Gasteiger partial charge in [-0.05, 0) is 34.1 Å². The quantitative estimate of drug-likeness (QED) is 0.179. The minimum Gasteiger partial charge on any atom is -0.368 e. The molecule has 2 heterocycles. The smallest absolute Gasteiger partial charge is 0.148 e. The molecule has 0 aromatic heterocycles. The second kappa shape index (κ2) is 16.9. The monoisotopic (exact) mass is 614 g/mol. The first-order valence-corrected chi connectivity index (χ1v) is 15.7. The summed E-state index contributed by atoms with van der Waals surface area (Å²) in [7, 11) is 0. The van der Waals surface area contributed by atoms with Gasteiger partial charge in [0.25, 0.3) is 0 Å². The Kier molecular flexibility index (Phi) is 11.7. The summed E-state index contributed by atoms with van der Waals surface area (Å²) >= 11 is 0. The Morgan fingerprint density at radius 1 is 0.435 bits per heavy atom. The van der Waals surface area contributed by atoms with Crippen LogP contribution >= 0.6 is 0 Å². The molecule has 6 heteroatoms. The molecule has 2 aliphatic rings. The van der Waals surface area contributed by atoms with Crippen molar-refractivity contribution in [3.63, 3.8) is 0 Å². The average molecular weight is 615 g/mol. The third-order valence-corrected chi connectivity index (χ3v) is 7.89. The largest absolute Gasteiger partial charge is 0.368 e. The second-order valence-corrected chi connectivity index (χ2v) is 11.2. The van der Waals surface area contributed by atoms with Gasteiger partial charge in [-0.2, -0.15) is 0 Å². The van der Waals surface area contributed by atoms with Gasteiger partial charge in [-0.15, -0.1) is 0 Å². The van der Waals surface area contributed by atoms with Gasteiger partial charge in [0.15, 0.2) is 0 Å². The highest BCUT2D eigenvalue weighted by atomic mass is 16.6. The van der Waals surface area contributed by atoms with Crippen LogP contribution in [-0.4, -0.2) is 49.8 Å². The summed E-state index contributed by atoms with van der Waals surface area (Å²) in [6.45, 7) is 2.59. The zero-order chi connectivity index (χ0) is 31.2. The number of ether oxygens (including phenoxy) is 6. The number of benzene rings is 4. The Labute approximate surface area is 271 Å². The van der Waals surface area contributed by atoms with E-state index in [4.69, 9.17) is 28.4 Å². The molecule has 0 saturated carbocycles. The molecular formula is C40H38O6. The van der Waals surface area contributed by atoms with Crippen molar-refractivity contribution in [2.24, 2.45) is 0 Å². The fourth-order valence-corrected chi connectivity index (χ4v) is 5.39. The molecule has 2 aliphatic heterocycles. The van der Waals surface area contributed by atoms with Crippen molar-refractivity contribution in [2.75, 3.05) is 13.2 Å². The van der Waals surface area contributed by atoms with Crippen LogP contribution in [0.3, 0.4) is 0 Å². The molecule has 2 saturated heterocycles. The zero-order valence-corrected chi connectivity index (χ0v) is 25.7. The summed E-state index contributed by atoms with van der Waals surface area (Å²) in [5.41, 5.74) is 4.34. The first kappa shape index (κ1) is 31.7. The molecule has 234 valence electrons. The molecule has 0 amide bonds. The van der Waals surface area contributed by atoms with E-state index in [2.05, 4.69) is 23.7 Å². The van der Waals surface area contributed by atoms with Gasteiger partial charge in [0, 0.05) is 0 Å². The third kappa shape index (κ3) is 9.16. The number of rotatable bonds is 12. The van der Waals surface area contributed by atoms with Crippen LogP contribution in [-0.2, 0) is 54.8 Å². The van der Waals surface area contributed by atoms with Crippen LogP contribution < -0.4 is 0 Å². The highest BCUT2D eigenvalue weighted by molar-refractivity contribution is 5.31. The lowest BCUT2D eigenvalue weighted by Crippen LogP contribution is -2.34. The molecule has 6 rings (SSSR count). The van der Waals surface area contributed by atoms with Gasteiger partial charge in [-0.1, -0.05) is 133 Å². The zero-order valence-electron chi connectivity index (χ0n) is 25.7. The van der Waals surface area contributed by atoms with Crippen molar-refractivity contribution in [2.45, 2.75) is 63.1 Å². The van der Waals surface area contributed by atoms with Gasteiger partial charge < -0.3 is 28.4 Å². The standard InChI is InChI=1S/C40H38O6/c1-5-15-31(16-6-1)25-41-37-29-43-35(39(37)45-27-33-19-9-3-10-20-33)23-13-14-24-36-40(46-28-34-21-11-4-12-22-34)38(30-44-36)42-26-32-17-7-2-8-18-32/h1-12,15-22,35-40H,25-30H2/t35-,36-,37+,38+,39+,40+/m0/s1. The average Bonchev–Trinajstić information content (AvgIpc) is 3.70. The Morgan fingerprint density at radius 2 is 0.739 bits per heavy atom. The van der Waals surface area contributed by atoms with E-state index in [0.29, 0.717) is 39.6 Å². The summed E-state index contributed by atoms with van der Waals surface area (Å²) in [5.74, 6) is 12.3. The molecule has 6 atom stereocenters. The van der Waals surface area contributed by atoms with Gasteiger partial charge in [0.05, 0.1) is 39.6 Å². The maximum atomic E-state index is 6.34. The number of hydrogen-bond acceptors (Lipinski definition) is 6. The fraction of sp³-hybridized carbons (Fsp3) is 0.300. The highest BCUT2D eigenvalue weighted by Crippen LogP contribution is 2.24. The lowest BCUT2D eigenvalue weighted by molar-refractivity contribution is -0.0657. The van der Waals surface area contributed by atoms with E-state index >= 15 is 0 Å². The van der Waals surface area contributed by atoms with Crippen LogP contribution in [0.1, 0.15) is 22.3 Å². The minimum absolute atomic E-state index is 0.257. The maximum Gasteiger partial charge on any atom is 0.148 e. The summed E-state index contributed by atoms with van der Waals surface area (Å²) in [6.07, 6.45) is -2.19. The third-order valence-electron chi connectivity index (χ3n) is 7.89. The van der Waals surface area contributed by atoms with Crippen LogP contribution in [0.2, 0.25) is 0 Å². The van der Waals surface area contributed by atoms with Gasteiger partial charge >= 0.3 is 0 Å². The first-order chi connectivity index (χ1) is 22.8. The van der Waals surface area contributed by atoms with E-state index in [1.165, 1.54) is 0 Å². The van der Waals surface area contributed by atoms with Crippen LogP contribution in [0.4, 0.5) is 0 Å². The minimum atomic E-state index is -0.477. The predicted molar refractivity (Wildman–Crippen MR) is 175 cm³/mol. The Hall–Kier alpha value is -4.24. The van der Waals surface area contributed by atoms with Crippen molar-refractivity contribution < 1.29 is 28.4 Å². The molecule has 2 fully saturated rings. The van der Waals surface area contributed by atoms with Crippen molar-refractivity contribution in [3.05, 3.63) is 144 Å². The summed E-state index contributed by atoms with van der Waals surface area (Å²) < 4.78 is 37.3. The first-order valence-electron chi connectivity index (χ1n) is 15.7. The fourth-order valence-electron chi connectivity index (χ4n) is 5.39. The van der Waals surface area contributed by atoms with Gasteiger partial charge in [-0.25, -0.2) is 0 Å². The summed E-state index contributed by atoms with van der Waals surface area (Å²) in [5, 5.41) is 0. The van der Waals surface area contributed by atoms with Gasteiger partial charge in [0.1, 0.15) is 36.6 Å². The molecule has 4 aromatic carbocycles. The predicted octanol–water partition coefficient (Wildman–Crippen LogP) is 6.13. The molecule has 0 N–H and O–H groups in total. The molecule has 0 spiro atoms. The van der Waals surface area contributed by atoms with Crippen molar-refractivity contribution in [3.8, 4) is 23.7 Å². The van der Waals surface area contributed by atoms with E-state index in [-0.39, 0.29) is 24.4 Å². The SMILES string of the molecule is C(C#C[C@@H]1OC[C@@H](OCc2ccccc2)[C@@H]1OCc1ccccc1)#C[C@@H]1OC[C@@H](OCc2ccccc2)[C@@H]1OCc1ccccc1. The molecule has 0 unspecified atom stereocenters. The number of hydrogen-bond donors (Lipinski definition) is 0. The molecule has 6 nitrogen and oxygen atoms in total. The molecule has 4 aromatic rings. The van der Waals surface area contributed by atoms with E-state index in [0.717, 1.165) is 22.3 Å². The van der Waals surface area contributed by atoms with Crippen LogP contribution in [0.25, 0.3) is 0 Å². The van der Waals surface area contributed by atoms with Crippen LogP contribution in [0.5, 0.6) is 0 Å². The topological polar surface area (TPSA) is 55.4 Å². The Bertz CT molecular complexity index is 1470. The van der Waals surface area contributed by atoms with Crippen molar-refractivity contribution in [1.82, 2.24) is 0 Å². The van der Waals surface area contributed by atoms with Crippen LogP contribution in [0, 0.1) is 23.7 Å².